The number of hydrogen-bond donors (Lipinski definition) is 3. The van der Waals surface area contributed by atoms with E-state index in [2.05, 4.69) is 10.6 Å². The van der Waals surface area contributed by atoms with Gasteiger partial charge in [-0.3, -0.25) is 9.59 Å². The fourth-order valence-corrected chi connectivity index (χ4v) is 1.07. The predicted molar refractivity (Wildman–Crippen MR) is 65.5 cm³/mol. The Hall–Kier alpha value is -2.07. The van der Waals surface area contributed by atoms with Gasteiger partial charge in [0.25, 0.3) is 5.91 Å². The summed E-state index contributed by atoms with van der Waals surface area (Å²) in [5.74, 6) is -1.85. The van der Waals surface area contributed by atoms with E-state index in [4.69, 9.17) is 10.4 Å². The van der Waals surface area contributed by atoms with Crippen LogP contribution in [0.4, 0.5) is 0 Å². The third-order valence-electron chi connectivity index (χ3n) is 1.94. The minimum Gasteiger partial charge on any atom is -0.480 e. The molecule has 0 heterocycles. The monoisotopic (exact) mass is 254 g/mol. The number of amides is 1. The fourth-order valence-electron chi connectivity index (χ4n) is 1.07. The quantitative estimate of drug-likeness (QED) is 0.295. The topological polar surface area (TPSA) is 105 Å². The van der Waals surface area contributed by atoms with Crippen LogP contribution in [0.25, 0.3) is 0 Å². The van der Waals surface area contributed by atoms with Crippen LogP contribution in [0, 0.1) is 11.3 Å². The van der Waals surface area contributed by atoms with Gasteiger partial charge in [0.1, 0.15) is 18.2 Å². The van der Waals surface area contributed by atoms with E-state index in [1.54, 1.807) is 6.07 Å². The molecule has 0 aliphatic rings. The van der Waals surface area contributed by atoms with E-state index in [1.807, 2.05) is 19.0 Å². The highest BCUT2D eigenvalue weighted by Gasteiger charge is 2.09. The van der Waals surface area contributed by atoms with E-state index >= 15 is 0 Å². The van der Waals surface area contributed by atoms with Crippen LogP contribution >= 0.6 is 0 Å². The molecule has 0 fully saturated rings. The van der Waals surface area contributed by atoms with Crippen molar-refractivity contribution in [2.24, 2.45) is 0 Å². The van der Waals surface area contributed by atoms with E-state index in [0.29, 0.717) is 6.54 Å². The Labute approximate surface area is 106 Å². The molecule has 3 N–H and O–H groups in total. The Morgan fingerprint density at radius 1 is 1.44 bits per heavy atom. The van der Waals surface area contributed by atoms with Crippen LogP contribution in [0.1, 0.15) is 6.42 Å². The maximum absolute atomic E-state index is 11.3. The third-order valence-corrected chi connectivity index (χ3v) is 1.94. The van der Waals surface area contributed by atoms with Crippen molar-refractivity contribution >= 4 is 11.9 Å². The molecule has 0 radical (unpaired) electrons. The second-order valence-corrected chi connectivity index (χ2v) is 3.86. The van der Waals surface area contributed by atoms with Crippen molar-refractivity contribution < 1.29 is 14.7 Å². The minimum atomic E-state index is -1.15. The summed E-state index contributed by atoms with van der Waals surface area (Å²) < 4.78 is 0. The molecule has 7 heteroatoms. The molecule has 0 atom stereocenters. The molecule has 7 nitrogen and oxygen atoms in total. The number of aliphatic carboxylic acids is 1. The molecule has 0 aromatic heterocycles. The summed E-state index contributed by atoms with van der Waals surface area (Å²) >= 11 is 0. The van der Waals surface area contributed by atoms with Gasteiger partial charge in [0, 0.05) is 12.7 Å². The summed E-state index contributed by atoms with van der Waals surface area (Å²) in [7, 11) is 3.91. The van der Waals surface area contributed by atoms with Crippen molar-refractivity contribution in [1.29, 1.82) is 5.26 Å². The van der Waals surface area contributed by atoms with Crippen molar-refractivity contribution in [3.63, 3.8) is 0 Å². The van der Waals surface area contributed by atoms with E-state index in [1.165, 1.54) is 6.20 Å². The van der Waals surface area contributed by atoms with Crippen LogP contribution in [0.5, 0.6) is 0 Å². The van der Waals surface area contributed by atoms with Crippen molar-refractivity contribution in [3.8, 4) is 6.07 Å². The van der Waals surface area contributed by atoms with Crippen LogP contribution < -0.4 is 10.6 Å². The average Bonchev–Trinajstić information content (AvgIpc) is 2.30. The number of carboxylic acids is 1. The molecular weight excluding hydrogens is 236 g/mol. The highest BCUT2D eigenvalue weighted by Crippen LogP contribution is 1.90. The smallest absolute Gasteiger partial charge is 0.322 e. The molecule has 18 heavy (non-hydrogen) atoms. The lowest BCUT2D eigenvalue weighted by Gasteiger charge is -2.08. The lowest BCUT2D eigenvalue weighted by atomic mass is 10.3. The van der Waals surface area contributed by atoms with Crippen molar-refractivity contribution in [2.75, 3.05) is 33.7 Å². The zero-order valence-corrected chi connectivity index (χ0v) is 10.6. The standard InChI is InChI=1S/C11H18N4O3/c1-15(2)5-3-4-13-7-9(6-12)11(18)14-8-10(16)17/h7,13H,3-5,8H2,1-2H3,(H,14,18)(H,16,17)/b9-7-. The Bertz CT molecular complexity index is 358. The first-order valence-corrected chi connectivity index (χ1v) is 5.45. The first-order valence-electron chi connectivity index (χ1n) is 5.45. The number of rotatable bonds is 8. The lowest BCUT2D eigenvalue weighted by molar-refractivity contribution is -0.137. The van der Waals surface area contributed by atoms with Gasteiger partial charge in [-0.15, -0.1) is 0 Å². The van der Waals surface area contributed by atoms with E-state index < -0.39 is 18.4 Å². The van der Waals surface area contributed by atoms with Crippen LogP contribution in [0.2, 0.25) is 0 Å². The number of carbonyl (C=O) groups excluding carboxylic acids is 1. The van der Waals surface area contributed by atoms with Gasteiger partial charge in [-0.1, -0.05) is 0 Å². The zero-order valence-electron chi connectivity index (χ0n) is 10.6. The van der Waals surface area contributed by atoms with Gasteiger partial charge in [-0.2, -0.15) is 5.26 Å². The molecule has 1 amide bonds. The molecule has 0 unspecified atom stereocenters. The molecular formula is C11H18N4O3. The molecule has 100 valence electrons. The maximum Gasteiger partial charge on any atom is 0.322 e. The van der Waals surface area contributed by atoms with Gasteiger partial charge in [0.15, 0.2) is 0 Å². The number of carboxylic acid groups (broad SMARTS) is 1. The number of carbonyl (C=O) groups is 2. The van der Waals surface area contributed by atoms with Crippen LogP contribution in [-0.2, 0) is 9.59 Å². The Balaban J connectivity index is 4.04. The molecule has 0 bridgehead atoms. The van der Waals surface area contributed by atoms with Crippen LogP contribution in [0.15, 0.2) is 11.8 Å². The molecule has 0 aromatic rings. The maximum atomic E-state index is 11.3. The van der Waals surface area contributed by atoms with Gasteiger partial charge >= 0.3 is 5.97 Å². The molecule has 0 saturated carbocycles. The summed E-state index contributed by atoms with van der Waals surface area (Å²) in [6, 6.07) is 1.71. The number of nitrogens with zero attached hydrogens (tertiary/aromatic N) is 2. The molecule has 0 aliphatic carbocycles. The first-order chi connectivity index (χ1) is 8.47. The Morgan fingerprint density at radius 2 is 2.11 bits per heavy atom. The SMILES string of the molecule is CN(C)CCCN/C=C(/C#N)C(=O)NCC(=O)O. The average molecular weight is 254 g/mol. The number of nitriles is 1. The van der Waals surface area contributed by atoms with Gasteiger partial charge in [0.2, 0.25) is 0 Å². The summed E-state index contributed by atoms with van der Waals surface area (Å²) in [5, 5.41) is 22.1. The van der Waals surface area contributed by atoms with Gasteiger partial charge in [-0.25, -0.2) is 0 Å². The Kier molecular flexibility index (Phi) is 7.98. The molecule has 0 rings (SSSR count). The molecule has 0 aliphatic heterocycles. The van der Waals surface area contributed by atoms with E-state index in [9.17, 15) is 9.59 Å². The van der Waals surface area contributed by atoms with E-state index in [-0.39, 0.29) is 5.57 Å². The highest BCUT2D eigenvalue weighted by molar-refractivity contribution is 5.98. The Morgan fingerprint density at radius 3 is 2.61 bits per heavy atom. The normalized spacial score (nSPS) is 10.9. The second-order valence-electron chi connectivity index (χ2n) is 3.86. The van der Waals surface area contributed by atoms with Crippen LogP contribution in [0.3, 0.4) is 0 Å². The predicted octanol–water partition coefficient (Wildman–Crippen LogP) is -0.864. The molecule has 0 saturated heterocycles. The summed E-state index contributed by atoms with van der Waals surface area (Å²) in [6.45, 7) is 1.03. The minimum absolute atomic E-state index is 0.138. The largest absolute Gasteiger partial charge is 0.480 e. The summed E-state index contributed by atoms with van der Waals surface area (Å²) in [6.07, 6.45) is 2.17. The lowest BCUT2D eigenvalue weighted by Crippen LogP contribution is -2.30. The van der Waals surface area contributed by atoms with Crippen molar-refractivity contribution in [1.82, 2.24) is 15.5 Å². The van der Waals surface area contributed by atoms with Crippen molar-refractivity contribution in [2.45, 2.75) is 6.42 Å². The molecule has 0 aromatic carbocycles. The zero-order chi connectivity index (χ0) is 14.0. The van der Waals surface area contributed by atoms with Gasteiger partial charge in [-0.05, 0) is 27.1 Å². The summed E-state index contributed by atoms with van der Waals surface area (Å²) in [4.78, 5) is 23.6. The number of nitrogens with one attached hydrogen (secondary N) is 2. The van der Waals surface area contributed by atoms with Crippen LogP contribution in [-0.4, -0.2) is 55.6 Å². The van der Waals surface area contributed by atoms with Crippen molar-refractivity contribution in [3.05, 3.63) is 11.8 Å². The molecule has 0 spiro atoms. The second kappa shape index (κ2) is 9.01. The third kappa shape index (κ3) is 8.13. The summed E-state index contributed by atoms with van der Waals surface area (Å²) in [5.41, 5.74) is -0.138. The van der Waals surface area contributed by atoms with Gasteiger partial charge < -0.3 is 20.6 Å². The van der Waals surface area contributed by atoms with E-state index in [0.717, 1.165) is 13.0 Å². The number of hydrogen-bond acceptors (Lipinski definition) is 5. The highest BCUT2D eigenvalue weighted by atomic mass is 16.4. The van der Waals surface area contributed by atoms with Gasteiger partial charge in [0.05, 0.1) is 0 Å². The first kappa shape index (κ1) is 15.9. The fraction of sp³-hybridized carbons (Fsp3) is 0.545.